The predicted octanol–water partition coefficient (Wildman–Crippen LogP) is 2.68. The summed E-state index contributed by atoms with van der Waals surface area (Å²) in [7, 11) is -4.69. The molecule has 164 valence electrons. The van der Waals surface area contributed by atoms with Crippen molar-refractivity contribution in [2.45, 2.75) is 12.3 Å². The van der Waals surface area contributed by atoms with Crippen LogP contribution >= 0.6 is 7.60 Å². The van der Waals surface area contributed by atoms with Crippen molar-refractivity contribution in [3.63, 3.8) is 0 Å². The molecule has 0 aliphatic heterocycles. The first-order valence-electron chi connectivity index (χ1n) is 8.07. The van der Waals surface area contributed by atoms with E-state index in [1.807, 2.05) is 5.32 Å². The fourth-order valence-electron chi connectivity index (χ4n) is 2.25. The quantitative estimate of drug-likeness (QED) is 0.418. The van der Waals surface area contributed by atoms with E-state index < -0.39 is 55.6 Å². The predicted molar refractivity (Wildman–Crippen MR) is 93.6 cm³/mol. The zero-order valence-electron chi connectivity index (χ0n) is 14.9. The lowest BCUT2D eigenvalue weighted by molar-refractivity contribution is -0.274. The number of carbonyl (C=O) groups is 1. The van der Waals surface area contributed by atoms with Crippen LogP contribution < -0.4 is 20.1 Å². The molecule has 30 heavy (non-hydrogen) atoms. The molecule has 0 atom stereocenters. The first-order chi connectivity index (χ1) is 13.8. The van der Waals surface area contributed by atoms with E-state index in [1.54, 1.807) is 0 Å². The van der Waals surface area contributed by atoms with Gasteiger partial charge < -0.3 is 24.6 Å². The summed E-state index contributed by atoms with van der Waals surface area (Å²) in [5, 5.41) is 1.36. The lowest BCUT2D eigenvalue weighted by Crippen LogP contribution is -2.37. The number of nitrogens with one attached hydrogen (secondary N) is 1. The number of hydrogen-bond donors (Lipinski definition) is 3. The van der Waals surface area contributed by atoms with Crippen LogP contribution in [0.5, 0.6) is 11.5 Å². The van der Waals surface area contributed by atoms with Gasteiger partial charge in [-0.2, -0.15) is 8.78 Å². The fourth-order valence-corrected chi connectivity index (χ4v) is 2.95. The molecule has 0 unspecified atom stereocenters. The molecule has 2 aromatic carbocycles. The van der Waals surface area contributed by atoms with Gasteiger partial charge >= 0.3 is 14.0 Å². The number of halogens is 5. The molecule has 0 fully saturated rings. The van der Waals surface area contributed by atoms with Crippen LogP contribution in [-0.4, -0.2) is 35.2 Å². The summed E-state index contributed by atoms with van der Waals surface area (Å²) in [5.74, 6) is -5.92. The van der Waals surface area contributed by atoms with Crippen LogP contribution in [0.2, 0.25) is 0 Å². The molecule has 3 N–H and O–H groups in total. The molecular formula is C17H15F5NO6P. The highest BCUT2D eigenvalue weighted by Gasteiger charge is 2.35. The molecule has 1 amide bonds. The Kier molecular flexibility index (Phi) is 7.06. The summed E-state index contributed by atoms with van der Waals surface area (Å²) < 4.78 is 85.0. The molecule has 0 aliphatic carbocycles. The average molecular weight is 455 g/mol. The third-order valence-electron chi connectivity index (χ3n) is 3.54. The summed E-state index contributed by atoms with van der Waals surface area (Å²) in [6.07, 6.45) is -5.05. The monoisotopic (exact) mass is 455 g/mol. The Morgan fingerprint density at radius 2 is 1.70 bits per heavy atom. The minimum Gasteiger partial charge on any atom is -0.483 e. The number of rotatable bonds is 8. The summed E-state index contributed by atoms with van der Waals surface area (Å²) >= 11 is 0. The minimum atomic E-state index is -5.05. The number of hydrogen-bond acceptors (Lipinski definition) is 4. The van der Waals surface area contributed by atoms with Gasteiger partial charge in [-0.15, -0.1) is 13.2 Å². The maximum atomic E-state index is 14.2. The smallest absolute Gasteiger partial charge is 0.483 e. The van der Waals surface area contributed by atoms with Gasteiger partial charge in [-0.05, 0) is 24.3 Å². The molecule has 0 spiro atoms. The van der Waals surface area contributed by atoms with Crippen molar-refractivity contribution < 1.29 is 50.6 Å². The van der Waals surface area contributed by atoms with Crippen LogP contribution in [0, 0.1) is 0 Å². The lowest BCUT2D eigenvalue weighted by Gasteiger charge is -2.19. The van der Waals surface area contributed by atoms with Gasteiger partial charge in [0.15, 0.2) is 6.61 Å². The van der Waals surface area contributed by atoms with Gasteiger partial charge in [0.05, 0.1) is 6.54 Å². The molecule has 7 nitrogen and oxygen atoms in total. The molecule has 2 aromatic rings. The van der Waals surface area contributed by atoms with E-state index in [0.29, 0.717) is 6.07 Å². The number of benzene rings is 2. The van der Waals surface area contributed by atoms with Gasteiger partial charge in [0.1, 0.15) is 16.8 Å². The summed E-state index contributed by atoms with van der Waals surface area (Å²) in [4.78, 5) is 30.2. The van der Waals surface area contributed by atoms with Crippen molar-refractivity contribution >= 4 is 18.8 Å². The third kappa shape index (κ3) is 6.97. The number of amides is 1. The normalized spacial score (nSPS) is 12.4. The van der Waals surface area contributed by atoms with Crippen LogP contribution in [0.15, 0.2) is 48.5 Å². The second-order valence-electron chi connectivity index (χ2n) is 5.86. The first-order valence-corrected chi connectivity index (χ1v) is 9.68. The number of para-hydroxylation sites is 1. The number of ether oxygens (including phenoxy) is 2. The fraction of sp³-hybridized carbons (Fsp3) is 0.235. The van der Waals surface area contributed by atoms with Gasteiger partial charge in [0.25, 0.3) is 11.8 Å². The molecule has 0 saturated heterocycles. The van der Waals surface area contributed by atoms with Crippen molar-refractivity contribution in [3.05, 3.63) is 54.1 Å². The highest BCUT2D eigenvalue weighted by Crippen LogP contribution is 2.37. The van der Waals surface area contributed by atoms with E-state index in [-0.39, 0.29) is 5.75 Å². The van der Waals surface area contributed by atoms with E-state index in [4.69, 9.17) is 4.74 Å². The van der Waals surface area contributed by atoms with Gasteiger partial charge in [-0.1, -0.05) is 24.3 Å². The Morgan fingerprint density at radius 1 is 1.03 bits per heavy atom. The van der Waals surface area contributed by atoms with E-state index in [1.165, 1.54) is 18.2 Å². The van der Waals surface area contributed by atoms with Crippen LogP contribution in [0.1, 0.15) is 5.56 Å². The van der Waals surface area contributed by atoms with Crippen molar-refractivity contribution in [3.8, 4) is 11.5 Å². The summed E-state index contributed by atoms with van der Waals surface area (Å²) in [5.41, 5.74) is -0.822. The Labute approximate surface area is 166 Å². The van der Waals surface area contributed by atoms with Gasteiger partial charge in [-0.3, -0.25) is 9.36 Å². The number of carbonyl (C=O) groups excluding carboxylic acids is 1. The van der Waals surface area contributed by atoms with Crippen molar-refractivity contribution in [1.82, 2.24) is 5.32 Å². The van der Waals surface area contributed by atoms with E-state index in [2.05, 4.69) is 4.74 Å². The van der Waals surface area contributed by atoms with Crippen LogP contribution in [-0.2, 0) is 15.3 Å². The summed E-state index contributed by atoms with van der Waals surface area (Å²) in [6, 6.07) is 8.12. The zero-order valence-corrected chi connectivity index (χ0v) is 15.8. The first kappa shape index (κ1) is 23.6. The molecule has 0 saturated carbocycles. The average Bonchev–Trinajstić information content (AvgIpc) is 2.63. The molecule has 0 aromatic heterocycles. The second-order valence-corrected chi connectivity index (χ2v) is 7.43. The molecule has 13 heteroatoms. The maximum absolute atomic E-state index is 14.2. The maximum Gasteiger partial charge on any atom is 0.573 e. The minimum absolute atomic E-state index is 0.301. The van der Waals surface area contributed by atoms with Crippen molar-refractivity contribution in [1.29, 1.82) is 0 Å². The molecule has 2 rings (SSSR count). The molecule has 0 radical (unpaired) electrons. The van der Waals surface area contributed by atoms with E-state index >= 15 is 0 Å². The lowest BCUT2D eigenvalue weighted by atomic mass is 10.1. The third-order valence-corrected chi connectivity index (χ3v) is 4.53. The van der Waals surface area contributed by atoms with Gasteiger partial charge in [0.2, 0.25) is 0 Å². The van der Waals surface area contributed by atoms with Crippen molar-refractivity contribution in [2.75, 3.05) is 13.2 Å². The highest BCUT2D eigenvalue weighted by atomic mass is 31.2. The SMILES string of the molecule is O=C(COc1ccccc1P(=O)(O)O)NCC(F)(F)c1cccc(OC(F)(F)F)c1. The van der Waals surface area contributed by atoms with E-state index in [9.17, 15) is 41.1 Å². The standard InChI is InChI=1S/C17H15F5NO6P/c18-16(19,11-4-3-5-12(8-11)29-17(20,21)22)10-23-15(24)9-28-13-6-1-2-7-14(13)30(25,26)27/h1-8H,9-10H2,(H,23,24)(H2,25,26,27). The second kappa shape index (κ2) is 8.99. The van der Waals surface area contributed by atoms with Crippen LogP contribution in [0.3, 0.4) is 0 Å². The summed E-state index contributed by atoms with van der Waals surface area (Å²) in [6.45, 7) is -2.09. The van der Waals surface area contributed by atoms with Gasteiger partial charge in [-0.25, -0.2) is 0 Å². The van der Waals surface area contributed by atoms with Crippen molar-refractivity contribution in [2.24, 2.45) is 0 Å². The Balaban J connectivity index is 1.98. The Bertz CT molecular complexity index is 946. The van der Waals surface area contributed by atoms with Crippen LogP contribution in [0.4, 0.5) is 22.0 Å². The number of alkyl halides is 5. The molecule has 0 heterocycles. The molecular weight excluding hydrogens is 440 g/mol. The largest absolute Gasteiger partial charge is 0.573 e. The Hall–Kier alpha value is -2.69. The Morgan fingerprint density at radius 3 is 2.33 bits per heavy atom. The molecule has 0 aliphatic rings. The zero-order chi connectivity index (χ0) is 22.6. The van der Waals surface area contributed by atoms with Gasteiger partial charge in [0, 0.05) is 5.56 Å². The molecule has 0 bridgehead atoms. The topological polar surface area (TPSA) is 105 Å². The van der Waals surface area contributed by atoms with Crippen LogP contribution in [0.25, 0.3) is 0 Å². The van der Waals surface area contributed by atoms with E-state index in [0.717, 1.165) is 24.3 Å². The highest BCUT2D eigenvalue weighted by molar-refractivity contribution is 7.60.